The van der Waals surface area contributed by atoms with E-state index in [0.717, 1.165) is 11.4 Å². The summed E-state index contributed by atoms with van der Waals surface area (Å²) in [4.78, 5) is 17.3. The Morgan fingerprint density at radius 1 is 1.28 bits per heavy atom. The number of hydrogen-bond acceptors (Lipinski definition) is 8. The standard InChI is InChI=1S/C26H20FN7O2/c1-3-16-5-6-17-22-20(15-4-7-19(18(27)12-15)36-26-29-9-8-14(2)32-26)21-23(28)30-13-31-24(21)34(22)10-11-35-25(17)33-16/h1,4-9,12-13,26,32H,10-11H2,2H3,(H2,28,30,31). The zero-order chi connectivity index (χ0) is 24.8. The van der Waals surface area contributed by atoms with Crippen LogP contribution < -0.4 is 20.5 Å². The Morgan fingerprint density at radius 2 is 2.17 bits per heavy atom. The predicted molar refractivity (Wildman–Crippen MR) is 134 cm³/mol. The predicted octanol–water partition coefficient (Wildman–Crippen LogP) is 3.50. The second-order valence-corrected chi connectivity index (χ2v) is 8.28. The van der Waals surface area contributed by atoms with Gasteiger partial charge in [-0.25, -0.2) is 24.3 Å². The van der Waals surface area contributed by atoms with Gasteiger partial charge in [-0.05, 0) is 42.8 Å². The minimum atomic E-state index is -0.716. The number of allylic oxidation sites excluding steroid dienone is 2. The van der Waals surface area contributed by atoms with Gasteiger partial charge in [0.25, 0.3) is 6.35 Å². The average Bonchev–Trinajstić information content (AvgIpc) is 3.09. The number of nitrogens with two attached hydrogens (primary N) is 1. The second kappa shape index (κ2) is 8.39. The Labute approximate surface area is 205 Å². The van der Waals surface area contributed by atoms with Gasteiger partial charge in [-0.1, -0.05) is 12.0 Å². The highest BCUT2D eigenvalue weighted by Gasteiger charge is 2.28. The Balaban J connectivity index is 1.53. The average molecular weight is 481 g/mol. The third-order valence-corrected chi connectivity index (χ3v) is 6.04. The lowest BCUT2D eigenvalue weighted by Gasteiger charge is -2.20. The van der Waals surface area contributed by atoms with Crippen molar-refractivity contribution in [1.82, 2.24) is 24.8 Å². The molecule has 9 nitrogen and oxygen atoms in total. The topological polar surface area (TPSA) is 112 Å². The molecule has 0 bridgehead atoms. The van der Waals surface area contributed by atoms with Gasteiger partial charge in [-0.15, -0.1) is 6.42 Å². The Morgan fingerprint density at radius 3 is 2.97 bits per heavy atom. The summed E-state index contributed by atoms with van der Waals surface area (Å²) >= 11 is 0. The lowest BCUT2D eigenvalue weighted by Crippen LogP contribution is -2.33. The molecular weight excluding hydrogens is 461 g/mol. The van der Waals surface area contributed by atoms with Gasteiger partial charge in [0.15, 0.2) is 11.6 Å². The van der Waals surface area contributed by atoms with Crippen molar-refractivity contribution >= 4 is 23.1 Å². The van der Waals surface area contributed by atoms with E-state index < -0.39 is 12.2 Å². The zero-order valence-corrected chi connectivity index (χ0v) is 19.2. The Kier molecular flexibility index (Phi) is 5.04. The third-order valence-electron chi connectivity index (χ3n) is 6.04. The SMILES string of the molecule is C#Cc1ccc2c(n1)OCCn1c-2c(-c2ccc(OC3N=CC=C(C)N3)c(F)c2)c2c(N)ncnc21. The molecule has 36 heavy (non-hydrogen) atoms. The molecule has 0 radical (unpaired) electrons. The number of aromatic nitrogens is 4. The summed E-state index contributed by atoms with van der Waals surface area (Å²) in [6.45, 7) is 2.70. The van der Waals surface area contributed by atoms with Crippen molar-refractivity contribution in [2.45, 2.75) is 19.8 Å². The fraction of sp³-hybridized carbons (Fsp3) is 0.154. The largest absolute Gasteiger partial charge is 0.475 e. The fourth-order valence-corrected chi connectivity index (χ4v) is 4.46. The maximum absolute atomic E-state index is 15.4. The minimum absolute atomic E-state index is 0.0611. The normalized spacial score (nSPS) is 16.1. The van der Waals surface area contributed by atoms with E-state index in [1.165, 1.54) is 12.4 Å². The van der Waals surface area contributed by atoms with Crippen molar-refractivity contribution in [1.29, 1.82) is 0 Å². The molecule has 1 atom stereocenters. The van der Waals surface area contributed by atoms with Gasteiger partial charge in [0, 0.05) is 17.5 Å². The second-order valence-electron chi connectivity index (χ2n) is 8.28. The van der Waals surface area contributed by atoms with Crippen LogP contribution in [0.5, 0.6) is 11.6 Å². The van der Waals surface area contributed by atoms with Crippen molar-refractivity contribution in [3.8, 4) is 46.4 Å². The lowest BCUT2D eigenvalue weighted by molar-refractivity contribution is 0.177. The highest BCUT2D eigenvalue weighted by molar-refractivity contribution is 6.08. The zero-order valence-electron chi connectivity index (χ0n) is 19.2. The number of aliphatic imine (C=N–C) groups is 1. The molecule has 0 saturated carbocycles. The van der Waals surface area contributed by atoms with E-state index in [0.29, 0.717) is 52.4 Å². The smallest absolute Gasteiger partial charge is 0.268 e. The van der Waals surface area contributed by atoms with Gasteiger partial charge in [-0.3, -0.25) is 0 Å². The van der Waals surface area contributed by atoms with Gasteiger partial charge in [0.2, 0.25) is 5.88 Å². The highest BCUT2D eigenvalue weighted by atomic mass is 19.1. The highest BCUT2D eigenvalue weighted by Crippen LogP contribution is 2.46. The van der Waals surface area contributed by atoms with Crippen LogP contribution in [0.2, 0.25) is 0 Å². The monoisotopic (exact) mass is 481 g/mol. The number of halogens is 1. The quantitative estimate of drug-likeness (QED) is 0.431. The summed E-state index contributed by atoms with van der Waals surface area (Å²) in [5, 5.41) is 3.66. The van der Waals surface area contributed by atoms with Crippen molar-refractivity contribution in [3.05, 3.63) is 59.9 Å². The van der Waals surface area contributed by atoms with Gasteiger partial charge in [-0.2, -0.15) is 0 Å². The number of nitrogen functional groups attached to an aromatic ring is 1. The van der Waals surface area contributed by atoms with Crippen molar-refractivity contribution < 1.29 is 13.9 Å². The van der Waals surface area contributed by atoms with Crippen LogP contribution in [0.15, 0.2) is 53.4 Å². The van der Waals surface area contributed by atoms with Crippen LogP contribution in [0, 0.1) is 18.2 Å². The summed E-state index contributed by atoms with van der Waals surface area (Å²) in [5.41, 5.74) is 11.0. The van der Waals surface area contributed by atoms with Crippen LogP contribution >= 0.6 is 0 Å². The van der Waals surface area contributed by atoms with Gasteiger partial charge in [0.1, 0.15) is 30.1 Å². The summed E-state index contributed by atoms with van der Waals surface area (Å²) < 4.78 is 29.0. The fourth-order valence-electron chi connectivity index (χ4n) is 4.46. The Hall–Kier alpha value is -4.91. The van der Waals surface area contributed by atoms with Gasteiger partial charge in [0.05, 0.1) is 23.2 Å². The van der Waals surface area contributed by atoms with E-state index in [-0.39, 0.29) is 11.6 Å². The first-order valence-corrected chi connectivity index (χ1v) is 11.2. The third kappa shape index (κ3) is 3.49. The number of anilines is 1. The number of fused-ring (bicyclic) bond motifs is 5. The van der Waals surface area contributed by atoms with E-state index in [2.05, 4.69) is 31.2 Å². The molecule has 1 aromatic carbocycles. The molecule has 178 valence electrons. The number of terminal acetylenes is 1. The van der Waals surface area contributed by atoms with Crippen LogP contribution in [-0.4, -0.2) is 38.7 Å². The number of benzene rings is 1. The molecule has 0 spiro atoms. The van der Waals surface area contributed by atoms with Crippen LogP contribution in [-0.2, 0) is 6.54 Å². The lowest BCUT2D eigenvalue weighted by atomic mass is 9.99. The van der Waals surface area contributed by atoms with Crippen LogP contribution in [0.4, 0.5) is 10.2 Å². The number of nitrogens with one attached hydrogen (secondary N) is 1. The molecule has 2 aliphatic heterocycles. The van der Waals surface area contributed by atoms with E-state index >= 15 is 4.39 Å². The Bertz CT molecular complexity index is 1630. The summed E-state index contributed by atoms with van der Waals surface area (Å²) in [6, 6.07) is 8.32. The molecule has 5 heterocycles. The number of nitrogens with zero attached hydrogens (tertiary/aromatic N) is 5. The molecule has 3 N–H and O–H groups in total. The van der Waals surface area contributed by atoms with E-state index in [1.54, 1.807) is 30.5 Å². The van der Waals surface area contributed by atoms with Crippen LogP contribution in [0.3, 0.4) is 0 Å². The molecule has 0 saturated heterocycles. The number of rotatable bonds is 3. The molecule has 10 heteroatoms. The summed E-state index contributed by atoms with van der Waals surface area (Å²) in [6.07, 6.45) is 9.66. The molecule has 1 unspecified atom stereocenters. The molecule has 4 aromatic rings. The number of ether oxygens (including phenoxy) is 2. The van der Waals surface area contributed by atoms with E-state index in [1.807, 2.05) is 17.6 Å². The van der Waals surface area contributed by atoms with Crippen molar-refractivity contribution in [3.63, 3.8) is 0 Å². The number of hydrogen-bond donors (Lipinski definition) is 2. The van der Waals surface area contributed by atoms with Gasteiger partial charge >= 0.3 is 0 Å². The van der Waals surface area contributed by atoms with Crippen LogP contribution in [0.1, 0.15) is 12.6 Å². The molecule has 3 aromatic heterocycles. The summed E-state index contributed by atoms with van der Waals surface area (Å²) in [5.74, 6) is 2.72. The molecule has 6 rings (SSSR count). The molecule has 0 aliphatic carbocycles. The molecule has 2 aliphatic rings. The molecule has 0 fully saturated rings. The maximum Gasteiger partial charge on any atom is 0.268 e. The van der Waals surface area contributed by atoms with E-state index in [4.69, 9.17) is 21.6 Å². The molecule has 0 amide bonds. The maximum atomic E-state index is 15.4. The summed E-state index contributed by atoms with van der Waals surface area (Å²) in [7, 11) is 0. The molecular formula is C26H20FN7O2. The number of pyridine rings is 1. The van der Waals surface area contributed by atoms with Gasteiger partial charge < -0.3 is 25.1 Å². The van der Waals surface area contributed by atoms with Crippen LogP contribution in [0.25, 0.3) is 33.4 Å². The van der Waals surface area contributed by atoms with Crippen molar-refractivity contribution in [2.75, 3.05) is 12.3 Å². The first-order chi connectivity index (χ1) is 17.5. The van der Waals surface area contributed by atoms with E-state index in [9.17, 15) is 0 Å². The first kappa shape index (κ1) is 21.6. The first-order valence-electron chi connectivity index (χ1n) is 11.2. The minimum Gasteiger partial charge on any atom is -0.475 e. The van der Waals surface area contributed by atoms with Crippen molar-refractivity contribution in [2.24, 2.45) is 4.99 Å².